The molecule has 18 heavy (non-hydrogen) atoms. The van der Waals surface area contributed by atoms with E-state index in [-0.39, 0.29) is 5.69 Å². The summed E-state index contributed by atoms with van der Waals surface area (Å²) in [6.45, 7) is 0. The van der Waals surface area contributed by atoms with Crippen LogP contribution in [0.1, 0.15) is 5.56 Å². The minimum Gasteiger partial charge on any atom is -0.496 e. The number of non-ortho nitro benzene ring substituents is 1. The van der Waals surface area contributed by atoms with Crippen molar-refractivity contribution in [2.24, 2.45) is 0 Å². The summed E-state index contributed by atoms with van der Waals surface area (Å²) in [5.74, 6) is 0.304. The number of nitrogens with zero attached hydrogens (tertiary/aromatic N) is 3. The molecule has 0 spiro atoms. The van der Waals surface area contributed by atoms with Gasteiger partial charge in [-0.25, -0.2) is 0 Å². The van der Waals surface area contributed by atoms with Crippen LogP contribution in [0.2, 0.25) is 0 Å². The predicted octanol–water partition coefficient (Wildman–Crippen LogP) is 2.03. The molecule has 0 heterocycles. The van der Waals surface area contributed by atoms with Crippen LogP contribution in [-0.2, 0) is 0 Å². The summed E-state index contributed by atoms with van der Waals surface area (Å²) in [5.41, 5.74) is 0.837. The zero-order chi connectivity index (χ0) is 13.7. The first-order valence-electron chi connectivity index (χ1n) is 5.10. The van der Waals surface area contributed by atoms with Gasteiger partial charge >= 0.3 is 0 Å². The molecule has 0 bridgehead atoms. The molecule has 6 heteroatoms. The highest BCUT2D eigenvalue weighted by Gasteiger charge is 2.14. The Labute approximate surface area is 105 Å². The number of benzene rings is 1. The molecule has 0 fully saturated rings. The molecular weight excluding hydrogens is 234 g/mol. The van der Waals surface area contributed by atoms with Crippen LogP contribution in [0, 0.1) is 21.4 Å². The monoisotopic (exact) mass is 247 g/mol. The molecule has 0 amide bonds. The minimum absolute atomic E-state index is 0.0715. The van der Waals surface area contributed by atoms with E-state index in [1.165, 1.54) is 25.3 Å². The molecule has 0 saturated carbocycles. The third-order valence-corrected chi connectivity index (χ3v) is 2.19. The molecule has 94 valence electrons. The first-order valence-corrected chi connectivity index (χ1v) is 5.10. The third kappa shape index (κ3) is 2.98. The van der Waals surface area contributed by atoms with Crippen LogP contribution in [0.4, 0.5) is 5.69 Å². The van der Waals surface area contributed by atoms with Gasteiger partial charge in [-0.15, -0.1) is 0 Å². The van der Waals surface area contributed by atoms with Gasteiger partial charge in [-0.3, -0.25) is 10.1 Å². The largest absolute Gasteiger partial charge is 0.496 e. The van der Waals surface area contributed by atoms with Crippen molar-refractivity contribution in [3.05, 3.63) is 40.1 Å². The lowest BCUT2D eigenvalue weighted by Gasteiger charge is -2.10. The smallest absolute Gasteiger partial charge is 0.273 e. The summed E-state index contributed by atoms with van der Waals surface area (Å²) in [4.78, 5) is 11.9. The van der Waals surface area contributed by atoms with Crippen molar-refractivity contribution in [2.45, 2.75) is 0 Å². The summed E-state index contributed by atoms with van der Waals surface area (Å²) >= 11 is 0. The van der Waals surface area contributed by atoms with Crippen LogP contribution < -0.4 is 4.74 Å². The number of rotatable bonds is 4. The lowest BCUT2D eigenvalue weighted by Crippen LogP contribution is -2.03. The Morgan fingerprint density at radius 2 is 2.22 bits per heavy atom. The summed E-state index contributed by atoms with van der Waals surface area (Å²) in [6, 6.07) is 6.20. The van der Waals surface area contributed by atoms with Crippen molar-refractivity contribution in [1.29, 1.82) is 5.26 Å². The number of nitro benzene ring substituents is 1. The van der Waals surface area contributed by atoms with Gasteiger partial charge in [0.15, 0.2) is 0 Å². The number of ether oxygens (including phenoxy) is 1. The van der Waals surface area contributed by atoms with Crippen molar-refractivity contribution in [3.8, 4) is 11.8 Å². The fraction of sp³-hybridized carbons (Fsp3) is 0.250. The average Bonchev–Trinajstić information content (AvgIpc) is 2.34. The van der Waals surface area contributed by atoms with Crippen LogP contribution in [0.3, 0.4) is 0 Å². The number of nitriles is 1. The Bertz CT molecular complexity index is 530. The molecule has 6 nitrogen and oxygen atoms in total. The fourth-order valence-corrected chi connectivity index (χ4v) is 1.43. The lowest BCUT2D eigenvalue weighted by molar-refractivity contribution is -0.384. The second-order valence-electron chi connectivity index (χ2n) is 3.76. The maximum atomic E-state index is 10.7. The quantitative estimate of drug-likeness (QED) is 0.462. The lowest BCUT2D eigenvalue weighted by atomic mass is 10.1. The summed E-state index contributed by atoms with van der Waals surface area (Å²) in [6.07, 6.45) is 1.63. The highest BCUT2D eigenvalue weighted by Crippen LogP contribution is 2.29. The molecule has 0 aromatic heterocycles. The normalized spacial score (nSPS) is 10.7. The van der Waals surface area contributed by atoms with Gasteiger partial charge in [-0.05, 0) is 6.07 Å². The Balaban J connectivity index is 3.33. The second-order valence-corrected chi connectivity index (χ2v) is 3.76. The Morgan fingerprint density at radius 3 is 2.67 bits per heavy atom. The van der Waals surface area contributed by atoms with E-state index >= 15 is 0 Å². The van der Waals surface area contributed by atoms with E-state index in [9.17, 15) is 10.1 Å². The third-order valence-electron chi connectivity index (χ3n) is 2.19. The van der Waals surface area contributed by atoms with E-state index in [1.807, 2.05) is 6.07 Å². The van der Waals surface area contributed by atoms with Gasteiger partial charge in [0.25, 0.3) is 5.69 Å². The van der Waals surface area contributed by atoms with Gasteiger partial charge in [0.2, 0.25) is 0 Å². The van der Waals surface area contributed by atoms with E-state index < -0.39 is 4.92 Å². The maximum absolute atomic E-state index is 10.7. The number of hydrogen-bond acceptors (Lipinski definition) is 5. The molecule has 0 aliphatic heterocycles. The molecule has 0 aliphatic carbocycles. The van der Waals surface area contributed by atoms with E-state index in [1.54, 1.807) is 25.2 Å². The van der Waals surface area contributed by atoms with E-state index in [0.29, 0.717) is 16.9 Å². The molecule has 1 aromatic carbocycles. The molecule has 0 atom stereocenters. The first-order chi connectivity index (χ1) is 8.49. The highest BCUT2D eigenvalue weighted by atomic mass is 16.6. The molecule has 0 N–H and O–H groups in total. The Hall–Kier alpha value is -2.55. The van der Waals surface area contributed by atoms with Gasteiger partial charge in [0.1, 0.15) is 11.8 Å². The molecule has 0 unspecified atom stereocenters. The number of methoxy groups -OCH3 is 1. The SMILES string of the molecule is COc1cc([N+](=O)[O-])ccc1C(C#N)=CN(C)C. The number of allylic oxidation sites excluding steroid dienone is 1. The summed E-state index contributed by atoms with van der Waals surface area (Å²) < 4.78 is 5.09. The van der Waals surface area contributed by atoms with Crippen LogP contribution in [0.5, 0.6) is 5.75 Å². The molecule has 0 saturated heterocycles. The van der Waals surface area contributed by atoms with E-state index in [0.717, 1.165) is 0 Å². The van der Waals surface area contributed by atoms with Gasteiger partial charge in [-0.1, -0.05) is 0 Å². The van der Waals surface area contributed by atoms with Gasteiger partial charge < -0.3 is 9.64 Å². The zero-order valence-corrected chi connectivity index (χ0v) is 10.4. The molecule has 1 rings (SSSR count). The van der Waals surface area contributed by atoms with E-state index in [2.05, 4.69) is 0 Å². The topological polar surface area (TPSA) is 79.4 Å². The fourth-order valence-electron chi connectivity index (χ4n) is 1.43. The van der Waals surface area contributed by atoms with Crippen molar-refractivity contribution >= 4 is 11.3 Å². The minimum atomic E-state index is -0.506. The Kier molecular flexibility index (Phi) is 4.27. The summed E-state index contributed by atoms with van der Waals surface area (Å²) in [5, 5.41) is 19.8. The number of hydrogen-bond donors (Lipinski definition) is 0. The second kappa shape index (κ2) is 5.68. The van der Waals surface area contributed by atoms with Crippen LogP contribution >= 0.6 is 0 Å². The number of nitro groups is 1. The van der Waals surface area contributed by atoms with Gasteiger partial charge in [0.05, 0.1) is 23.7 Å². The molecule has 0 aliphatic rings. The van der Waals surface area contributed by atoms with Crippen molar-refractivity contribution in [3.63, 3.8) is 0 Å². The Morgan fingerprint density at radius 1 is 1.56 bits per heavy atom. The average molecular weight is 247 g/mol. The van der Waals surface area contributed by atoms with Crippen LogP contribution in [0.25, 0.3) is 5.57 Å². The van der Waals surface area contributed by atoms with Crippen molar-refractivity contribution in [1.82, 2.24) is 4.90 Å². The van der Waals surface area contributed by atoms with Gasteiger partial charge in [0, 0.05) is 31.9 Å². The molecular formula is C12H13N3O3. The maximum Gasteiger partial charge on any atom is 0.273 e. The van der Waals surface area contributed by atoms with Crippen LogP contribution in [-0.4, -0.2) is 31.0 Å². The van der Waals surface area contributed by atoms with Crippen LogP contribution in [0.15, 0.2) is 24.4 Å². The van der Waals surface area contributed by atoms with E-state index in [4.69, 9.17) is 10.00 Å². The first kappa shape index (κ1) is 13.5. The predicted molar refractivity (Wildman–Crippen MR) is 66.9 cm³/mol. The standard InChI is InChI=1S/C12H13N3O3/c1-14(2)8-9(7-13)11-5-4-10(15(16)17)6-12(11)18-3/h4-6,8H,1-3H3. The molecule has 1 aromatic rings. The van der Waals surface area contributed by atoms with Crippen molar-refractivity contribution < 1.29 is 9.66 Å². The highest BCUT2D eigenvalue weighted by molar-refractivity contribution is 5.80. The van der Waals surface area contributed by atoms with Gasteiger partial charge in [-0.2, -0.15) is 5.26 Å². The van der Waals surface area contributed by atoms with Crippen molar-refractivity contribution in [2.75, 3.05) is 21.2 Å². The zero-order valence-electron chi connectivity index (χ0n) is 10.4. The summed E-state index contributed by atoms with van der Waals surface area (Å²) in [7, 11) is 4.98. The molecule has 0 radical (unpaired) electrons.